The zero-order valence-corrected chi connectivity index (χ0v) is 13.9. The first-order chi connectivity index (χ1) is 9.82. The van der Waals surface area contributed by atoms with Gasteiger partial charge in [0, 0.05) is 18.8 Å². The van der Waals surface area contributed by atoms with E-state index in [0.717, 1.165) is 25.2 Å². The standard InChI is InChI=1S/C17H28N2O2/c1-13-8-6-9-16(15(13)3)19(11-7-10-18(4)5)12-14(2)17(20)21/h6,8-9,14H,7,10-12H2,1-5H3,(H,20,21). The normalized spacial score (nSPS) is 12.5. The van der Waals surface area contributed by atoms with Crippen LogP contribution in [0.1, 0.15) is 24.5 Å². The minimum Gasteiger partial charge on any atom is -0.481 e. The van der Waals surface area contributed by atoms with Gasteiger partial charge >= 0.3 is 5.97 Å². The van der Waals surface area contributed by atoms with Crippen molar-refractivity contribution in [2.24, 2.45) is 5.92 Å². The maximum absolute atomic E-state index is 11.2. The molecule has 0 saturated carbocycles. The van der Waals surface area contributed by atoms with Gasteiger partial charge in [-0.15, -0.1) is 0 Å². The summed E-state index contributed by atoms with van der Waals surface area (Å²) in [4.78, 5) is 15.5. The molecule has 1 aromatic rings. The molecule has 1 rings (SSSR count). The van der Waals surface area contributed by atoms with E-state index in [0.29, 0.717) is 6.54 Å². The number of benzene rings is 1. The van der Waals surface area contributed by atoms with Gasteiger partial charge in [-0.3, -0.25) is 4.79 Å². The Balaban J connectivity index is 2.89. The highest BCUT2D eigenvalue weighted by atomic mass is 16.4. The Labute approximate surface area is 128 Å². The second kappa shape index (κ2) is 8.03. The Bertz CT molecular complexity index is 472. The molecule has 1 unspecified atom stereocenters. The summed E-state index contributed by atoms with van der Waals surface area (Å²) in [6.07, 6.45) is 1.02. The van der Waals surface area contributed by atoms with Crippen molar-refractivity contribution in [3.63, 3.8) is 0 Å². The molecule has 0 amide bonds. The van der Waals surface area contributed by atoms with Crippen LogP contribution < -0.4 is 4.90 Å². The van der Waals surface area contributed by atoms with Crippen LogP contribution >= 0.6 is 0 Å². The number of hydrogen-bond acceptors (Lipinski definition) is 3. The predicted octanol–water partition coefficient (Wildman–Crippen LogP) is 2.78. The first-order valence-corrected chi connectivity index (χ1v) is 7.51. The fourth-order valence-corrected chi connectivity index (χ4v) is 2.37. The van der Waals surface area contributed by atoms with E-state index < -0.39 is 5.97 Å². The second-order valence-corrected chi connectivity index (χ2v) is 6.06. The van der Waals surface area contributed by atoms with Gasteiger partial charge in [0.05, 0.1) is 5.92 Å². The summed E-state index contributed by atoms with van der Waals surface area (Å²) >= 11 is 0. The summed E-state index contributed by atoms with van der Waals surface area (Å²) in [5.74, 6) is -1.11. The number of carboxylic acids is 1. The molecular weight excluding hydrogens is 264 g/mol. The number of nitrogens with zero attached hydrogens (tertiary/aromatic N) is 2. The van der Waals surface area contributed by atoms with E-state index in [4.69, 9.17) is 0 Å². The molecule has 1 atom stereocenters. The third-order valence-electron chi connectivity index (χ3n) is 3.87. The van der Waals surface area contributed by atoms with Crippen molar-refractivity contribution < 1.29 is 9.90 Å². The lowest BCUT2D eigenvalue weighted by atomic mass is 10.1. The van der Waals surface area contributed by atoms with Crippen LogP contribution in [0.3, 0.4) is 0 Å². The average Bonchev–Trinajstić information content (AvgIpc) is 2.40. The molecule has 4 heteroatoms. The summed E-state index contributed by atoms with van der Waals surface area (Å²) in [5, 5.41) is 9.18. The molecule has 0 aromatic heterocycles. The fourth-order valence-electron chi connectivity index (χ4n) is 2.37. The first-order valence-electron chi connectivity index (χ1n) is 7.51. The van der Waals surface area contributed by atoms with E-state index in [1.807, 2.05) is 6.07 Å². The lowest BCUT2D eigenvalue weighted by molar-refractivity contribution is -0.140. The van der Waals surface area contributed by atoms with Gasteiger partial charge in [0.1, 0.15) is 0 Å². The molecule has 0 heterocycles. The van der Waals surface area contributed by atoms with Gasteiger partial charge in [-0.2, -0.15) is 0 Å². The number of hydrogen-bond donors (Lipinski definition) is 1. The average molecular weight is 292 g/mol. The van der Waals surface area contributed by atoms with E-state index in [9.17, 15) is 9.90 Å². The molecule has 1 aromatic carbocycles. The molecule has 0 fully saturated rings. The Morgan fingerprint density at radius 2 is 1.90 bits per heavy atom. The van der Waals surface area contributed by atoms with E-state index in [-0.39, 0.29) is 5.92 Å². The maximum Gasteiger partial charge on any atom is 0.308 e. The minimum absolute atomic E-state index is 0.371. The summed E-state index contributed by atoms with van der Waals surface area (Å²) in [5.41, 5.74) is 3.63. The van der Waals surface area contributed by atoms with Crippen LogP contribution in [-0.2, 0) is 4.79 Å². The van der Waals surface area contributed by atoms with Crippen LogP contribution in [0, 0.1) is 19.8 Å². The zero-order chi connectivity index (χ0) is 16.0. The quantitative estimate of drug-likeness (QED) is 0.800. The third kappa shape index (κ3) is 5.38. The second-order valence-electron chi connectivity index (χ2n) is 6.06. The number of aliphatic carboxylic acids is 1. The molecule has 21 heavy (non-hydrogen) atoms. The summed E-state index contributed by atoms with van der Waals surface area (Å²) in [7, 11) is 4.12. The van der Waals surface area contributed by atoms with Gasteiger partial charge in [0.15, 0.2) is 0 Å². The van der Waals surface area contributed by atoms with Gasteiger partial charge in [-0.25, -0.2) is 0 Å². The van der Waals surface area contributed by atoms with Gasteiger partial charge in [-0.1, -0.05) is 19.1 Å². The van der Waals surface area contributed by atoms with Crippen LogP contribution in [-0.4, -0.2) is 49.7 Å². The lowest BCUT2D eigenvalue weighted by Crippen LogP contribution is -2.34. The first kappa shape index (κ1) is 17.5. The largest absolute Gasteiger partial charge is 0.481 e. The Hall–Kier alpha value is -1.55. The van der Waals surface area contributed by atoms with Gasteiger partial charge in [-0.05, 0) is 58.1 Å². The molecule has 0 aliphatic heterocycles. The Kier molecular flexibility index (Phi) is 6.69. The van der Waals surface area contributed by atoms with E-state index in [1.165, 1.54) is 11.1 Å². The zero-order valence-electron chi connectivity index (χ0n) is 13.9. The van der Waals surface area contributed by atoms with E-state index in [1.54, 1.807) is 6.92 Å². The van der Waals surface area contributed by atoms with Crippen LogP contribution in [0.2, 0.25) is 0 Å². The molecule has 1 N–H and O–H groups in total. The van der Waals surface area contributed by atoms with Crippen molar-refractivity contribution in [1.82, 2.24) is 4.90 Å². The highest BCUT2D eigenvalue weighted by molar-refractivity contribution is 5.70. The van der Waals surface area contributed by atoms with Gasteiger partial charge < -0.3 is 14.9 Å². The number of anilines is 1. The van der Waals surface area contributed by atoms with Crippen molar-refractivity contribution in [3.05, 3.63) is 29.3 Å². The topological polar surface area (TPSA) is 43.8 Å². The SMILES string of the molecule is Cc1cccc(N(CCCN(C)C)CC(C)C(=O)O)c1C. The molecule has 0 spiro atoms. The minimum atomic E-state index is -0.738. The van der Waals surface area contributed by atoms with Gasteiger partial charge in [0.25, 0.3) is 0 Å². The van der Waals surface area contributed by atoms with Crippen molar-refractivity contribution in [2.45, 2.75) is 27.2 Å². The number of carbonyl (C=O) groups is 1. The summed E-state index contributed by atoms with van der Waals surface area (Å²) in [6.45, 7) is 8.40. The molecule has 0 aliphatic carbocycles. The number of rotatable bonds is 8. The fraction of sp³-hybridized carbons (Fsp3) is 0.588. The van der Waals surface area contributed by atoms with Crippen LogP contribution in [0.5, 0.6) is 0 Å². The summed E-state index contributed by atoms with van der Waals surface area (Å²) < 4.78 is 0. The molecule has 118 valence electrons. The van der Waals surface area contributed by atoms with E-state index in [2.05, 4.69) is 49.9 Å². The van der Waals surface area contributed by atoms with E-state index >= 15 is 0 Å². The Morgan fingerprint density at radius 3 is 2.48 bits per heavy atom. The van der Waals surface area contributed by atoms with Gasteiger partial charge in [0.2, 0.25) is 0 Å². The van der Waals surface area contributed by atoms with Crippen molar-refractivity contribution in [3.8, 4) is 0 Å². The van der Waals surface area contributed by atoms with Crippen molar-refractivity contribution in [1.29, 1.82) is 0 Å². The van der Waals surface area contributed by atoms with Crippen molar-refractivity contribution in [2.75, 3.05) is 38.6 Å². The highest BCUT2D eigenvalue weighted by Gasteiger charge is 2.18. The number of carboxylic acid groups (broad SMARTS) is 1. The molecule has 4 nitrogen and oxygen atoms in total. The third-order valence-corrected chi connectivity index (χ3v) is 3.87. The molecule has 0 radical (unpaired) electrons. The Morgan fingerprint density at radius 1 is 1.24 bits per heavy atom. The monoisotopic (exact) mass is 292 g/mol. The smallest absolute Gasteiger partial charge is 0.308 e. The van der Waals surface area contributed by atoms with Crippen LogP contribution in [0.25, 0.3) is 0 Å². The molecule has 0 aliphatic rings. The van der Waals surface area contributed by atoms with Crippen LogP contribution in [0.15, 0.2) is 18.2 Å². The number of aryl methyl sites for hydroxylation is 1. The molecule has 0 bridgehead atoms. The maximum atomic E-state index is 11.2. The van der Waals surface area contributed by atoms with Crippen molar-refractivity contribution >= 4 is 11.7 Å². The van der Waals surface area contributed by atoms with Crippen LogP contribution in [0.4, 0.5) is 5.69 Å². The molecular formula is C17H28N2O2. The predicted molar refractivity (Wildman–Crippen MR) is 88.1 cm³/mol. The highest BCUT2D eigenvalue weighted by Crippen LogP contribution is 2.24. The lowest BCUT2D eigenvalue weighted by Gasteiger charge is -2.29. The summed E-state index contributed by atoms with van der Waals surface area (Å²) in [6, 6.07) is 6.23. The molecule has 0 saturated heterocycles.